The van der Waals surface area contributed by atoms with E-state index in [2.05, 4.69) is 0 Å². The van der Waals surface area contributed by atoms with Crippen LogP contribution in [0.1, 0.15) is 12.2 Å². The molecule has 0 aliphatic carbocycles. The predicted molar refractivity (Wildman–Crippen MR) is 123 cm³/mol. The maximum absolute atomic E-state index is 13.5. The van der Waals surface area contributed by atoms with Gasteiger partial charge in [-0.1, -0.05) is 35.9 Å². The van der Waals surface area contributed by atoms with Crippen molar-refractivity contribution in [2.75, 3.05) is 18.1 Å². The predicted octanol–water partition coefficient (Wildman–Crippen LogP) is 3.96. The summed E-state index contributed by atoms with van der Waals surface area (Å²) in [5, 5.41) is 0.591. The molecule has 0 N–H and O–H groups in total. The molecule has 2 aliphatic heterocycles. The van der Waals surface area contributed by atoms with E-state index >= 15 is 0 Å². The van der Waals surface area contributed by atoms with Gasteiger partial charge in [0.25, 0.3) is 5.91 Å². The van der Waals surface area contributed by atoms with Gasteiger partial charge in [0.05, 0.1) is 18.1 Å². The molecule has 2 aliphatic rings. The summed E-state index contributed by atoms with van der Waals surface area (Å²) in [5.41, 5.74) is 0.815. The molecule has 3 aromatic rings. The first-order valence-corrected chi connectivity index (χ1v) is 12.8. The Morgan fingerprint density at radius 1 is 1.06 bits per heavy atom. The van der Waals surface area contributed by atoms with Crippen molar-refractivity contribution in [1.29, 1.82) is 0 Å². The summed E-state index contributed by atoms with van der Waals surface area (Å²) in [5.74, 6) is 1.87. The number of halogens is 1. The van der Waals surface area contributed by atoms with Gasteiger partial charge >= 0.3 is 0 Å². The van der Waals surface area contributed by atoms with Crippen LogP contribution in [0, 0.1) is 0 Å². The van der Waals surface area contributed by atoms with Crippen LogP contribution < -0.4 is 9.47 Å². The van der Waals surface area contributed by atoms with Gasteiger partial charge in [0, 0.05) is 16.6 Å². The standard InChI is InChI=1S/C24H22ClNO6S/c25-17-5-3-4-16(12-17)20-9-8-19(31-20)13-26(18-10-11-33(28,29)15-18)24(27)23-14-30-21-6-1-2-7-22(21)32-23/h1-9,12,18,23H,10-11,13-15H2/t18-,23-/m1/s1. The second kappa shape index (κ2) is 8.76. The van der Waals surface area contributed by atoms with E-state index in [1.165, 1.54) is 0 Å². The summed E-state index contributed by atoms with van der Waals surface area (Å²) in [6.07, 6.45) is -0.495. The number of rotatable bonds is 5. The fourth-order valence-electron chi connectivity index (χ4n) is 4.16. The Kier molecular flexibility index (Phi) is 5.80. The molecule has 0 saturated carbocycles. The van der Waals surface area contributed by atoms with Crippen molar-refractivity contribution in [2.24, 2.45) is 0 Å². The SMILES string of the molecule is O=C([C@H]1COc2ccccc2O1)N(Cc1ccc(-c2cccc(Cl)c2)o1)[C@@H]1CCS(=O)(=O)C1. The van der Waals surface area contributed by atoms with Gasteiger partial charge in [-0.15, -0.1) is 0 Å². The zero-order valence-corrected chi connectivity index (χ0v) is 19.2. The number of hydrogen-bond donors (Lipinski definition) is 0. The Bertz CT molecular complexity index is 1290. The van der Waals surface area contributed by atoms with Crippen LogP contribution in [0.15, 0.2) is 65.1 Å². The van der Waals surface area contributed by atoms with Gasteiger partial charge in [-0.05, 0) is 42.8 Å². The number of hydrogen-bond acceptors (Lipinski definition) is 6. The molecule has 172 valence electrons. The highest BCUT2D eigenvalue weighted by molar-refractivity contribution is 7.91. The van der Waals surface area contributed by atoms with E-state index in [1.54, 1.807) is 41.3 Å². The quantitative estimate of drug-likeness (QED) is 0.541. The molecule has 33 heavy (non-hydrogen) atoms. The average Bonchev–Trinajstić information content (AvgIpc) is 3.42. The van der Waals surface area contributed by atoms with E-state index in [1.807, 2.05) is 24.3 Å². The number of benzene rings is 2. The number of nitrogens with zero attached hydrogens (tertiary/aromatic N) is 1. The van der Waals surface area contributed by atoms with Crippen LogP contribution in [0.3, 0.4) is 0 Å². The van der Waals surface area contributed by atoms with Gasteiger partial charge < -0.3 is 18.8 Å². The van der Waals surface area contributed by atoms with Gasteiger partial charge in [0.15, 0.2) is 21.3 Å². The number of furan rings is 1. The molecular weight excluding hydrogens is 466 g/mol. The Hall–Kier alpha value is -2.97. The molecule has 9 heteroatoms. The largest absolute Gasteiger partial charge is 0.485 e. The van der Waals surface area contributed by atoms with E-state index in [9.17, 15) is 13.2 Å². The van der Waals surface area contributed by atoms with Crippen LogP contribution in [0.2, 0.25) is 5.02 Å². The zero-order valence-electron chi connectivity index (χ0n) is 17.6. The smallest absolute Gasteiger partial charge is 0.267 e. The van der Waals surface area contributed by atoms with Crippen LogP contribution in [0.4, 0.5) is 0 Å². The van der Waals surface area contributed by atoms with E-state index in [0.717, 1.165) is 5.56 Å². The highest BCUT2D eigenvalue weighted by Crippen LogP contribution is 2.33. The monoisotopic (exact) mass is 487 g/mol. The van der Waals surface area contributed by atoms with Gasteiger partial charge in [0.1, 0.15) is 18.1 Å². The Morgan fingerprint density at radius 3 is 2.64 bits per heavy atom. The number of amides is 1. The summed E-state index contributed by atoms with van der Waals surface area (Å²) in [7, 11) is -3.20. The maximum Gasteiger partial charge on any atom is 0.267 e. The van der Waals surface area contributed by atoms with Crippen molar-refractivity contribution >= 4 is 27.3 Å². The summed E-state index contributed by atoms with van der Waals surface area (Å²) in [6, 6.07) is 17.6. The second-order valence-electron chi connectivity index (χ2n) is 8.16. The van der Waals surface area contributed by atoms with Crippen LogP contribution >= 0.6 is 11.6 Å². The molecule has 1 amide bonds. The lowest BCUT2D eigenvalue weighted by Gasteiger charge is -2.33. The number of carbonyl (C=O) groups excluding carboxylic acids is 1. The highest BCUT2D eigenvalue weighted by Gasteiger charge is 2.39. The lowest BCUT2D eigenvalue weighted by molar-refractivity contribution is -0.144. The molecule has 2 aromatic carbocycles. The average molecular weight is 488 g/mol. The molecule has 2 atom stereocenters. The first-order chi connectivity index (χ1) is 15.9. The number of fused-ring (bicyclic) bond motifs is 1. The van der Waals surface area contributed by atoms with Crippen molar-refractivity contribution in [1.82, 2.24) is 4.90 Å². The second-order valence-corrected chi connectivity index (χ2v) is 10.8. The molecule has 5 rings (SSSR count). The zero-order chi connectivity index (χ0) is 23.0. The minimum absolute atomic E-state index is 0.0533. The number of carbonyl (C=O) groups is 1. The summed E-state index contributed by atoms with van der Waals surface area (Å²) >= 11 is 6.09. The maximum atomic E-state index is 13.5. The van der Waals surface area contributed by atoms with Crippen LogP contribution in [-0.4, -0.2) is 49.5 Å². The molecule has 1 aromatic heterocycles. The van der Waals surface area contributed by atoms with Gasteiger partial charge in [-0.3, -0.25) is 4.79 Å². The molecular formula is C24H22ClNO6S. The summed E-state index contributed by atoms with van der Waals surface area (Å²) < 4.78 is 41.9. The minimum atomic E-state index is -3.20. The normalized spacial score (nSPS) is 21.0. The molecule has 1 saturated heterocycles. The van der Waals surface area contributed by atoms with E-state index in [-0.39, 0.29) is 30.6 Å². The number of para-hydroxylation sites is 2. The van der Waals surface area contributed by atoms with Crippen LogP contribution in [-0.2, 0) is 21.2 Å². The number of sulfone groups is 1. The third-order valence-corrected chi connectivity index (χ3v) is 7.80. The molecule has 0 spiro atoms. The lowest BCUT2D eigenvalue weighted by Crippen LogP contribution is -2.50. The third kappa shape index (κ3) is 4.72. The minimum Gasteiger partial charge on any atom is -0.485 e. The van der Waals surface area contributed by atoms with E-state index in [4.69, 9.17) is 25.5 Å². The van der Waals surface area contributed by atoms with Crippen molar-refractivity contribution < 1.29 is 27.1 Å². The first-order valence-electron chi connectivity index (χ1n) is 10.6. The molecule has 0 unspecified atom stereocenters. The van der Waals surface area contributed by atoms with Crippen molar-refractivity contribution in [3.8, 4) is 22.8 Å². The van der Waals surface area contributed by atoms with Crippen LogP contribution in [0.25, 0.3) is 11.3 Å². The molecule has 0 bridgehead atoms. The molecule has 1 fully saturated rings. The van der Waals surface area contributed by atoms with Crippen molar-refractivity contribution in [3.63, 3.8) is 0 Å². The Morgan fingerprint density at radius 2 is 1.88 bits per heavy atom. The fourth-order valence-corrected chi connectivity index (χ4v) is 6.08. The van der Waals surface area contributed by atoms with Gasteiger partial charge in [-0.25, -0.2) is 8.42 Å². The third-order valence-electron chi connectivity index (χ3n) is 5.81. The molecule has 3 heterocycles. The highest BCUT2D eigenvalue weighted by atomic mass is 35.5. The fraction of sp³-hybridized carbons (Fsp3) is 0.292. The Labute approximate surface area is 196 Å². The van der Waals surface area contributed by atoms with Gasteiger partial charge in [0.2, 0.25) is 6.10 Å². The van der Waals surface area contributed by atoms with Gasteiger partial charge in [-0.2, -0.15) is 0 Å². The lowest BCUT2D eigenvalue weighted by atomic mass is 10.1. The number of ether oxygens (including phenoxy) is 2. The van der Waals surface area contributed by atoms with E-state index in [0.29, 0.717) is 34.5 Å². The topological polar surface area (TPSA) is 86.1 Å². The van der Waals surface area contributed by atoms with Crippen LogP contribution in [0.5, 0.6) is 11.5 Å². The van der Waals surface area contributed by atoms with Crippen molar-refractivity contribution in [2.45, 2.75) is 25.1 Å². The Balaban J connectivity index is 1.39. The van der Waals surface area contributed by atoms with E-state index < -0.39 is 22.0 Å². The van der Waals surface area contributed by atoms with Crippen molar-refractivity contribution in [3.05, 3.63) is 71.4 Å². The first kappa shape index (κ1) is 21.9. The molecule has 0 radical (unpaired) electrons. The summed E-state index contributed by atoms with van der Waals surface area (Å²) in [6.45, 7) is 0.179. The summed E-state index contributed by atoms with van der Waals surface area (Å²) in [4.78, 5) is 15.0. The molecule has 7 nitrogen and oxygen atoms in total.